The summed E-state index contributed by atoms with van der Waals surface area (Å²) in [7, 11) is 0. The van der Waals surface area contributed by atoms with Crippen molar-refractivity contribution in [1.29, 1.82) is 0 Å². The molecule has 9 heteroatoms. The maximum Gasteiger partial charge on any atom is 0.334 e. The molecule has 2 unspecified atom stereocenters. The number of hydrogen-bond acceptors (Lipinski definition) is 6. The third-order valence-corrected chi connectivity index (χ3v) is 10.4. The number of halogens is 1. The quantitative estimate of drug-likeness (QED) is 0.313. The van der Waals surface area contributed by atoms with Gasteiger partial charge < -0.3 is 4.74 Å². The van der Waals surface area contributed by atoms with Crippen molar-refractivity contribution in [3.63, 3.8) is 0 Å². The Morgan fingerprint density at radius 2 is 1.18 bits per heavy atom. The molecule has 2 saturated heterocycles. The van der Waals surface area contributed by atoms with Crippen LogP contribution in [-0.4, -0.2) is 40.5 Å². The lowest BCUT2D eigenvalue weighted by atomic mass is 9.43. The fraction of sp³-hybridized carbons (Fsp3) is 0.345. The minimum atomic E-state index is -1.45. The molecule has 2 aromatic rings. The van der Waals surface area contributed by atoms with Crippen LogP contribution in [0.15, 0.2) is 71.8 Å². The van der Waals surface area contributed by atoms with E-state index < -0.39 is 63.0 Å². The van der Waals surface area contributed by atoms with Crippen LogP contribution in [0.1, 0.15) is 20.8 Å². The number of amides is 4. The topological polar surface area (TPSA) is 101 Å². The van der Waals surface area contributed by atoms with Crippen molar-refractivity contribution < 1.29 is 28.7 Å². The highest BCUT2D eigenvalue weighted by Gasteiger charge is 2.81. The van der Waals surface area contributed by atoms with E-state index in [4.69, 9.17) is 4.74 Å². The van der Waals surface area contributed by atoms with Crippen LogP contribution < -0.4 is 9.80 Å². The number of imide groups is 2. The van der Waals surface area contributed by atoms with Crippen molar-refractivity contribution in [2.45, 2.75) is 25.1 Å². The van der Waals surface area contributed by atoms with Crippen LogP contribution in [0.4, 0.5) is 11.4 Å². The molecule has 2 aromatic carbocycles. The van der Waals surface area contributed by atoms with E-state index in [9.17, 15) is 24.0 Å². The van der Waals surface area contributed by atoms with Crippen LogP contribution in [0.5, 0.6) is 0 Å². The van der Waals surface area contributed by atoms with E-state index >= 15 is 0 Å². The minimum Gasteiger partial charge on any atom is -0.463 e. The van der Waals surface area contributed by atoms with Crippen molar-refractivity contribution in [3.05, 3.63) is 71.8 Å². The Morgan fingerprint density at radius 3 is 1.58 bits per heavy atom. The molecule has 0 N–H and O–H groups in total. The van der Waals surface area contributed by atoms with Gasteiger partial charge in [0.1, 0.15) is 0 Å². The summed E-state index contributed by atoms with van der Waals surface area (Å²) in [4.78, 5) is 72.2. The normalized spacial score (nSPS) is 33.7. The molecule has 1 saturated carbocycles. The highest BCUT2D eigenvalue weighted by molar-refractivity contribution is 9.10. The Balaban J connectivity index is 1.61. The van der Waals surface area contributed by atoms with Gasteiger partial charge in [0, 0.05) is 11.0 Å². The molecule has 2 aliphatic heterocycles. The molecule has 0 radical (unpaired) electrons. The number of hydrogen-bond donors (Lipinski definition) is 0. The molecule has 5 aliphatic rings. The fourth-order valence-electron chi connectivity index (χ4n) is 7.39. The van der Waals surface area contributed by atoms with Crippen LogP contribution in [0, 0.1) is 29.1 Å². The lowest BCUT2D eigenvalue weighted by Crippen LogP contribution is -2.67. The summed E-state index contributed by atoms with van der Waals surface area (Å²) in [6.07, 6.45) is 0. The maximum absolute atomic E-state index is 14.1. The average Bonchev–Trinajstić information content (AvgIpc) is 3.34. The van der Waals surface area contributed by atoms with Gasteiger partial charge in [-0.25, -0.2) is 14.6 Å². The number of carbonyl (C=O) groups excluding carboxylic acids is 5. The average molecular weight is 577 g/mol. The van der Waals surface area contributed by atoms with Gasteiger partial charge in [-0.2, -0.15) is 0 Å². The molecule has 194 valence electrons. The van der Waals surface area contributed by atoms with Gasteiger partial charge in [-0.05, 0) is 43.7 Å². The summed E-state index contributed by atoms with van der Waals surface area (Å²) in [6, 6.07) is 17.1. The van der Waals surface area contributed by atoms with Gasteiger partial charge >= 0.3 is 5.97 Å². The van der Waals surface area contributed by atoms with Gasteiger partial charge in [-0.1, -0.05) is 59.3 Å². The second-order valence-electron chi connectivity index (χ2n) is 10.4. The van der Waals surface area contributed by atoms with Crippen LogP contribution >= 0.6 is 15.9 Å². The zero-order valence-corrected chi connectivity index (χ0v) is 22.6. The molecule has 0 spiro atoms. The third-order valence-electron chi connectivity index (χ3n) is 8.81. The lowest BCUT2D eigenvalue weighted by molar-refractivity contribution is -0.152. The number of benzene rings is 2. The number of alkyl halides is 1. The van der Waals surface area contributed by atoms with E-state index in [0.717, 1.165) is 9.80 Å². The minimum absolute atomic E-state index is 0.0925. The van der Waals surface area contributed by atoms with Crippen LogP contribution in [0.2, 0.25) is 0 Å². The SMILES string of the molecule is CCOC(=O)C1=C(C)C2(Br)[C@@H]3C(=O)N(c4ccccc4)C(=O)[C@H]3C1(C)[C@@H]1C(=O)N(c3ccccc3)C(=O)[C@@H]12. The molecule has 6 atom stereocenters. The Labute approximate surface area is 227 Å². The smallest absolute Gasteiger partial charge is 0.334 e. The zero-order valence-electron chi connectivity index (χ0n) is 21.0. The Kier molecular flexibility index (Phi) is 5.34. The molecule has 8 nitrogen and oxygen atoms in total. The summed E-state index contributed by atoms with van der Waals surface area (Å²) < 4.78 is 3.99. The van der Waals surface area contributed by atoms with E-state index in [2.05, 4.69) is 15.9 Å². The largest absolute Gasteiger partial charge is 0.463 e. The van der Waals surface area contributed by atoms with Gasteiger partial charge in [0.05, 0.1) is 46.0 Å². The van der Waals surface area contributed by atoms with Gasteiger partial charge in [-0.15, -0.1) is 0 Å². The number of esters is 1. The van der Waals surface area contributed by atoms with Crippen molar-refractivity contribution in [1.82, 2.24) is 0 Å². The number of rotatable bonds is 4. The van der Waals surface area contributed by atoms with Crippen LogP contribution in [0.3, 0.4) is 0 Å². The summed E-state index contributed by atoms with van der Waals surface area (Å²) in [5.41, 5.74) is -0.00710. The molecule has 2 bridgehead atoms. The maximum atomic E-state index is 14.1. The van der Waals surface area contributed by atoms with Gasteiger partial charge in [0.15, 0.2) is 0 Å². The van der Waals surface area contributed by atoms with Gasteiger partial charge in [-0.3, -0.25) is 19.2 Å². The third kappa shape index (κ3) is 2.77. The first-order chi connectivity index (χ1) is 18.1. The summed E-state index contributed by atoms with van der Waals surface area (Å²) >= 11 is 3.77. The van der Waals surface area contributed by atoms with Gasteiger partial charge in [0.2, 0.25) is 23.6 Å². The monoisotopic (exact) mass is 576 g/mol. The van der Waals surface area contributed by atoms with Crippen molar-refractivity contribution in [2.75, 3.05) is 16.4 Å². The Hall–Kier alpha value is -3.59. The van der Waals surface area contributed by atoms with Gasteiger partial charge in [0.25, 0.3) is 0 Å². The molecule has 0 aromatic heterocycles. The molecule has 4 amide bonds. The highest BCUT2D eigenvalue weighted by Crippen LogP contribution is 2.72. The van der Waals surface area contributed by atoms with Crippen molar-refractivity contribution in [2.24, 2.45) is 29.1 Å². The Bertz CT molecular complexity index is 1370. The van der Waals surface area contributed by atoms with E-state index in [1.54, 1.807) is 81.4 Å². The number of anilines is 2. The lowest BCUT2D eigenvalue weighted by Gasteiger charge is -2.59. The molecule has 2 heterocycles. The highest BCUT2D eigenvalue weighted by atomic mass is 79.9. The molecular formula is C29H25BrN2O6. The number of nitrogens with zero attached hydrogens (tertiary/aromatic N) is 2. The first-order valence-corrected chi connectivity index (χ1v) is 13.3. The fourth-order valence-corrected chi connectivity index (χ4v) is 8.51. The van der Waals surface area contributed by atoms with Crippen LogP contribution in [0.25, 0.3) is 0 Å². The number of ether oxygens (including phenoxy) is 1. The predicted molar refractivity (Wildman–Crippen MR) is 141 cm³/mol. The van der Waals surface area contributed by atoms with Crippen LogP contribution in [-0.2, 0) is 28.7 Å². The van der Waals surface area contributed by atoms with E-state index in [-0.39, 0.29) is 12.2 Å². The van der Waals surface area contributed by atoms with E-state index in [0.29, 0.717) is 16.9 Å². The molecule has 38 heavy (non-hydrogen) atoms. The number of carbonyl (C=O) groups is 5. The standard InChI is InChI=1S/C29H25BrN2O6/c1-4-38-27(37)18-15(2)29(30)21-19(23(33)31(25(21)35)16-11-7-5-8-12-16)28(18,3)20-22(29)26(36)32(24(20)34)17-13-9-6-10-14-17/h5-14,19-22H,4H2,1-3H3/t19-,20-,21-,22+,28?,29?/m0/s1. The second kappa shape index (κ2) is 8.20. The van der Waals surface area contributed by atoms with E-state index in [1.807, 2.05) is 0 Å². The Morgan fingerprint density at radius 1 is 0.789 bits per heavy atom. The second-order valence-corrected chi connectivity index (χ2v) is 11.7. The summed E-state index contributed by atoms with van der Waals surface area (Å²) in [6.45, 7) is 5.13. The van der Waals surface area contributed by atoms with E-state index in [1.165, 1.54) is 0 Å². The van der Waals surface area contributed by atoms with Crippen molar-refractivity contribution >= 4 is 56.9 Å². The molecule has 3 fully saturated rings. The first kappa shape index (κ1) is 24.7. The van der Waals surface area contributed by atoms with Crippen molar-refractivity contribution in [3.8, 4) is 0 Å². The molecule has 7 rings (SSSR count). The number of allylic oxidation sites excluding steroid dienone is 1. The number of para-hydroxylation sites is 2. The molecular weight excluding hydrogens is 552 g/mol. The first-order valence-electron chi connectivity index (χ1n) is 12.5. The predicted octanol–water partition coefficient (Wildman–Crippen LogP) is 3.64. The summed E-state index contributed by atoms with van der Waals surface area (Å²) in [5.74, 6) is -6.66. The molecule has 3 aliphatic carbocycles. The zero-order chi connectivity index (χ0) is 27.1. The summed E-state index contributed by atoms with van der Waals surface area (Å²) in [5, 5.41) is 0.